The van der Waals surface area contributed by atoms with Crippen LogP contribution in [0.25, 0.3) is 0 Å². The van der Waals surface area contributed by atoms with Crippen LogP contribution in [0.4, 0.5) is 5.69 Å². The molecule has 0 radical (unpaired) electrons. The summed E-state index contributed by atoms with van der Waals surface area (Å²) in [6.07, 6.45) is 2.55. The number of imide groups is 1. The predicted octanol–water partition coefficient (Wildman–Crippen LogP) is 1.20. The van der Waals surface area contributed by atoms with Crippen molar-refractivity contribution < 1.29 is 11.0 Å². The number of rotatable bonds is 1. The normalized spacial score (nSPS) is 13.8. The van der Waals surface area contributed by atoms with Gasteiger partial charge in [-0.15, -0.1) is 0 Å². The number of carbonyl (C=O) groups is 2. The Morgan fingerprint density at radius 1 is 1.00 bits per heavy atom. The zero-order chi connectivity index (χ0) is 12.0. The third-order valence-corrected chi connectivity index (χ3v) is 1.82. The second-order valence-electron chi connectivity index (χ2n) is 3.18. The van der Waals surface area contributed by atoms with Crippen LogP contribution in [-0.4, -0.2) is 25.9 Å². The average molecular weight is 220 g/mol. The van der Waals surface area contributed by atoms with Crippen LogP contribution in [-0.2, 0) is 9.59 Å². The van der Waals surface area contributed by atoms with Gasteiger partial charge in [0.05, 0.1) is 5.69 Å². The molecule has 16 heavy (non-hydrogen) atoms. The number of para-hydroxylation sites is 1. The Morgan fingerprint density at radius 2 is 1.44 bits per heavy atom. The Hall–Kier alpha value is -1.94. The van der Waals surface area contributed by atoms with Crippen molar-refractivity contribution >= 4 is 17.5 Å². The summed E-state index contributed by atoms with van der Waals surface area (Å²) in [7, 11) is 3.75. The molecule has 1 aliphatic rings. The summed E-state index contributed by atoms with van der Waals surface area (Å²) in [5.74, 6) is -0.563. The number of anilines is 1. The maximum Gasteiger partial charge on any atom is 0.258 e. The highest BCUT2D eigenvalue weighted by molar-refractivity contribution is 6.28. The highest BCUT2D eigenvalue weighted by Gasteiger charge is 2.24. The van der Waals surface area contributed by atoms with E-state index in [1.807, 2.05) is 20.2 Å². The number of nitrogens with zero attached hydrogens (tertiary/aromatic N) is 1. The minimum atomic E-state index is -0.281. The van der Waals surface area contributed by atoms with Crippen molar-refractivity contribution in [2.24, 2.45) is 0 Å². The van der Waals surface area contributed by atoms with Crippen LogP contribution in [0, 0.1) is 0 Å². The van der Waals surface area contributed by atoms with E-state index < -0.39 is 0 Å². The molecule has 0 unspecified atom stereocenters. The van der Waals surface area contributed by atoms with Gasteiger partial charge in [0, 0.05) is 13.6 Å². The third kappa shape index (κ3) is 2.77. The molecule has 4 heteroatoms. The molecule has 0 aliphatic carbocycles. The molecule has 1 aromatic rings. The van der Waals surface area contributed by atoms with Crippen molar-refractivity contribution in [1.29, 1.82) is 0 Å². The molecule has 1 N–H and O–H groups in total. The summed E-state index contributed by atoms with van der Waals surface area (Å²) in [5, 5.41) is 2.75. The Kier molecular flexibility index (Phi) is 4.42. The zero-order valence-electron chi connectivity index (χ0n) is 9.31. The summed E-state index contributed by atoms with van der Waals surface area (Å²) in [6.45, 7) is 0. The van der Waals surface area contributed by atoms with Crippen molar-refractivity contribution in [2.45, 2.75) is 0 Å². The van der Waals surface area contributed by atoms with Gasteiger partial charge in [-0.3, -0.25) is 9.59 Å². The van der Waals surface area contributed by atoms with E-state index in [9.17, 15) is 9.59 Å². The van der Waals surface area contributed by atoms with Crippen LogP contribution in [0.2, 0.25) is 0 Å². The lowest BCUT2D eigenvalue weighted by atomic mass is 10.3. The lowest BCUT2D eigenvalue weighted by Crippen LogP contribution is -2.29. The highest BCUT2D eigenvalue weighted by atomic mass is 16.2. The van der Waals surface area contributed by atoms with Crippen molar-refractivity contribution in [1.82, 2.24) is 5.32 Å². The van der Waals surface area contributed by atoms with Crippen LogP contribution in [0.3, 0.4) is 0 Å². The number of nitrogens with one attached hydrogen (secondary N) is 1. The van der Waals surface area contributed by atoms with Gasteiger partial charge >= 0.3 is 0 Å². The fourth-order valence-corrected chi connectivity index (χ4v) is 1.23. The fraction of sp³-hybridized carbons (Fsp3) is 0.167. The third-order valence-electron chi connectivity index (χ3n) is 1.82. The number of hydrogen-bond acceptors (Lipinski definition) is 3. The molecule has 1 aromatic carbocycles. The zero-order valence-corrected chi connectivity index (χ0v) is 9.31. The molecule has 2 rings (SSSR count). The van der Waals surface area contributed by atoms with Crippen molar-refractivity contribution in [2.75, 3.05) is 19.0 Å². The molecule has 1 heterocycles. The van der Waals surface area contributed by atoms with Gasteiger partial charge in [0.25, 0.3) is 11.8 Å². The lowest BCUT2D eigenvalue weighted by Gasteiger charge is -2.12. The molecule has 2 amide bonds. The van der Waals surface area contributed by atoms with Gasteiger partial charge in [-0.2, -0.15) is 0 Å². The SMILES string of the molecule is CNC.O=C1C=CC(=O)N1c1ccccc1.[HH]. The molecule has 4 nitrogen and oxygen atoms in total. The monoisotopic (exact) mass is 220 g/mol. The average Bonchev–Trinajstić information content (AvgIpc) is 2.61. The minimum Gasteiger partial charge on any atom is -0.323 e. The van der Waals surface area contributed by atoms with E-state index in [1.54, 1.807) is 24.3 Å². The fourth-order valence-electron chi connectivity index (χ4n) is 1.23. The number of hydrogen-bond donors (Lipinski definition) is 1. The van der Waals surface area contributed by atoms with E-state index in [4.69, 9.17) is 0 Å². The van der Waals surface area contributed by atoms with Crippen molar-refractivity contribution in [3.8, 4) is 0 Å². The molecule has 0 saturated heterocycles. The van der Waals surface area contributed by atoms with Crippen LogP contribution < -0.4 is 10.2 Å². The van der Waals surface area contributed by atoms with Crippen molar-refractivity contribution in [3.63, 3.8) is 0 Å². The van der Waals surface area contributed by atoms with Gasteiger partial charge < -0.3 is 5.32 Å². The van der Waals surface area contributed by atoms with Gasteiger partial charge in [0.1, 0.15) is 0 Å². The highest BCUT2D eigenvalue weighted by Crippen LogP contribution is 2.17. The molecular formula is C12H16N2O2. The van der Waals surface area contributed by atoms with E-state index in [1.165, 1.54) is 12.2 Å². The van der Waals surface area contributed by atoms with E-state index in [0.29, 0.717) is 5.69 Å². The summed E-state index contributed by atoms with van der Waals surface area (Å²) in [4.78, 5) is 23.5. The molecule has 0 aromatic heterocycles. The van der Waals surface area contributed by atoms with Gasteiger partial charge in [-0.1, -0.05) is 18.2 Å². The van der Waals surface area contributed by atoms with E-state index in [0.717, 1.165) is 4.90 Å². The predicted molar refractivity (Wildman–Crippen MR) is 65.2 cm³/mol. The summed E-state index contributed by atoms with van der Waals surface area (Å²) in [5.41, 5.74) is 0.613. The molecule has 0 bridgehead atoms. The van der Waals surface area contributed by atoms with Crippen LogP contribution >= 0.6 is 0 Å². The summed E-state index contributed by atoms with van der Waals surface area (Å²) in [6, 6.07) is 8.86. The second-order valence-corrected chi connectivity index (χ2v) is 3.18. The van der Waals surface area contributed by atoms with E-state index >= 15 is 0 Å². The summed E-state index contributed by atoms with van der Waals surface area (Å²) >= 11 is 0. The van der Waals surface area contributed by atoms with Crippen LogP contribution in [0.5, 0.6) is 0 Å². The maximum atomic E-state index is 11.2. The van der Waals surface area contributed by atoms with E-state index in [-0.39, 0.29) is 13.2 Å². The Labute approximate surface area is 96.0 Å². The molecule has 1 aliphatic heterocycles. The smallest absolute Gasteiger partial charge is 0.258 e. The first-order valence-electron chi connectivity index (χ1n) is 4.90. The van der Waals surface area contributed by atoms with Crippen LogP contribution in [0.1, 0.15) is 1.43 Å². The van der Waals surface area contributed by atoms with E-state index in [2.05, 4.69) is 5.32 Å². The first-order chi connectivity index (χ1) is 7.70. The first-order valence-corrected chi connectivity index (χ1v) is 4.90. The number of amides is 2. The Morgan fingerprint density at radius 3 is 1.88 bits per heavy atom. The topological polar surface area (TPSA) is 49.4 Å². The minimum absolute atomic E-state index is 0. The maximum absolute atomic E-state index is 11.2. The van der Waals surface area contributed by atoms with Crippen molar-refractivity contribution in [3.05, 3.63) is 42.5 Å². The van der Waals surface area contributed by atoms with Crippen LogP contribution in [0.15, 0.2) is 42.5 Å². The Balaban J connectivity index is 0.000000583. The van der Waals surface area contributed by atoms with Gasteiger partial charge in [0.15, 0.2) is 0 Å². The van der Waals surface area contributed by atoms with Gasteiger partial charge in [-0.05, 0) is 26.2 Å². The summed E-state index contributed by atoms with van der Waals surface area (Å²) < 4.78 is 0. The number of carbonyl (C=O) groups excluding carboxylic acids is 2. The molecule has 0 saturated carbocycles. The quantitative estimate of drug-likeness (QED) is 0.723. The largest absolute Gasteiger partial charge is 0.323 e. The first kappa shape index (κ1) is 12.1. The van der Waals surface area contributed by atoms with Gasteiger partial charge in [-0.25, -0.2) is 4.90 Å². The second kappa shape index (κ2) is 5.82. The molecular weight excluding hydrogens is 204 g/mol. The molecule has 86 valence electrons. The molecule has 0 spiro atoms. The standard InChI is InChI=1S/C10H7NO2.C2H7N.H2/c12-9-6-7-10(13)11(9)8-4-2-1-3-5-8;1-3-2;/h1-7H;3H,1-2H3;1H. The number of benzene rings is 1. The molecule has 0 atom stereocenters. The molecule has 0 fully saturated rings. The van der Waals surface area contributed by atoms with Gasteiger partial charge in [0.2, 0.25) is 0 Å². The lowest BCUT2D eigenvalue weighted by molar-refractivity contribution is -0.119. The Bertz CT molecular complexity index is 386.